The number of hydrogen-bond donors (Lipinski definition) is 0. The minimum Gasteiger partial charge on any atom is -0.245 e. The van der Waals surface area contributed by atoms with Crippen molar-refractivity contribution in [3.8, 4) is 33.6 Å². The molecule has 0 saturated carbocycles. The normalized spacial score (nSPS) is 18.4. The maximum Gasteiger partial charge on any atom is 0.0972 e. The summed E-state index contributed by atoms with van der Waals surface area (Å²) in [4.78, 5) is 10.4. The summed E-state index contributed by atoms with van der Waals surface area (Å²) < 4.78 is 0. The van der Waals surface area contributed by atoms with E-state index in [-0.39, 0.29) is 5.41 Å². The Morgan fingerprint density at radius 2 is 1.17 bits per heavy atom. The van der Waals surface area contributed by atoms with Crippen LogP contribution in [0, 0.1) is 5.92 Å². The third-order valence-corrected chi connectivity index (χ3v) is 9.40. The highest BCUT2D eigenvalue weighted by Crippen LogP contribution is 2.49. The van der Waals surface area contributed by atoms with E-state index in [1.165, 1.54) is 27.8 Å². The molecule has 2 aromatic heterocycles. The van der Waals surface area contributed by atoms with Gasteiger partial charge in [-0.05, 0) is 51.9 Å². The molecule has 2 aliphatic rings. The van der Waals surface area contributed by atoms with E-state index in [1.54, 1.807) is 0 Å². The van der Waals surface area contributed by atoms with Gasteiger partial charge in [-0.1, -0.05) is 130 Å². The molecule has 2 atom stereocenters. The van der Waals surface area contributed by atoms with Crippen LogP contribution in [0.25, 0.3) is 55.4 Å². The smallest absolute Gasteiger partial charge is 0.0972 e. The van der Waals surface area contributed by atoms with E-state index < -0.39 is 0 Å². The van der Waals surface area contributed by atoms with Crippen molar-refractivity contribution >= 4 is 21.8 Å². The van der Waals surface area contributed by atoms with Crippen LogP contribution < -0.4 is 0 Å². The average molecular weight is 541 g/mol. The minimum atomic E-state index is -0.0422. The average Bonchev–Trinajstić information content (AvgIpc) is 3.27. The van der Waals surface area contributed by atoms with Gasteiger partial charge in [-0.15, -0.1) is 0 Å². The van der Waals surface area contributed by atoms with E-state index in [0.717, 1.165) is 44.3 Å². The lowest BCUT2D eigenvalue weighted by Crippen LogP contribution is -2.14. The lowest BCUT2D eigenvalue weighted by Gasteiger charge is -2.21. The molecule has 0 amide bonds. The maximum absolute atomic E-state index is 5.24. The van der Waals surface area contributed by atoms with Crippen LogP contribution in [0.15, 0.2) is 127 Å². The van der Waals surface area contributed by atoms with Crippen LogP contribution in [-0.2, 0) is 5.41 Å². The molecule has 42 heavy (non-hydrogen) atoms. The standard InChI is InChI=1S/C40H32N2/c1-25-8-4-5-9-31(25)26-12-14-27(15-13-26)36-22-19-28-16-17-29-20-23-37(42-39(29)38(28)41-36)30-18-21-33-32-10-6-7-11-34(32)40(2,3)35(33)24-30/h4-25,31H,1-3H3. The summed E-state index contributed by atoms with van der Waals surface area (Å²) in [5.74, 6) is 0.914. The van der Waals surface area contributed by atoms with Crippen molar-refractivity contribution in [1.82, 2.24) is 9.97 Å². The Kier molecular flexibility index (Phi) is 5.55. The van der Waals surface area contributed by atoms with E-state index in [2.05, 4.69) is 148 Å². The van der Waals surface area contributed by atoms with E-state index >= 15 is 0 Å². The molecule has 202 valence electrons. The van der Waals surface area contributed by atoms with Crippen molar-refractivity contribution in [2.45, 2.75) is 32.1 Å². The van der Waals surface area contributed by atoms with Gasteiger partial charge in [0.2, 0.25) is 0 Å². The van der Waals surface area contributed by atoms with Gasteiger partial charge < -0.3 is 0 Å². The van der Waals surface area contributed by atoms with Crippen molar-refractivity contribution in [3.05, 3.63) is 144 Å². The van der Waals surface area contributed by atoms with Gasteiger partial charge in [0.05, 0.1) is 22.4 Å². The van der Waals surface area contributed by atoms with E-state index in [9.17, 15) is 0 Å². The molecule has 0 aliphatic heterocycles. The highest BCUT2D eigenvalue weighted by Gasteiger charge is 2.35. The van der Waals surface area contributed by atoms with E-state index in [0.29, 0.717) is 11.8 Å². The summed E-state index contributed by atoms with van der Waals surface area (Å²) in [6, 6.07) is 37.4. The zero-order valence-electron chi connectivity index (χ0n) is 24.2. The number of benzene rings is 4. The lowest BCUT2D eigenvalue weighted by atomic mass is 9.82. The number of aromatic nitrogens is 2. The Morgan fingerprint density at radius 3 is 1.88 bits per heavy atom. The Morgan fingerprint density at radius 1 is 0.571 bits per heavy atom. The summed E-state index contributed by atoms with van der Waals surface area (Å²) in [7, 11) is 0. The first-order valence-corrected chi connectivity index (χ1v) is 14.9. The molecule has 2 unspecified atom stereocenters. The molecular weight excluding hydrogens is 508 g/mol. The Hall–Kier alpha value is -4.82. The Bertz CT molecular complexity index is 2080. The third kappa shape index (κ3) is 3.86. The van der Waals surface area contributed by atoms with E-state index in [1.807, 2.05) is 0 Å². The van der Waals surface area contributed by atoms with Gasteiger partial charge in [-0.2, -0.15) is 0 Å². The van der Waals surface area contributed by atoms with Gasteiger partial charge in [0, 0.05) is 33.2 Å². The minimum absolute atomic E-state index is 0.0422. The molecule has 2 heterocycles. The van der Waals surface area contributed by atoms with Crippen LogP contribution in [0.2, 0.25) is 0 Å². The molecule has 4 aromatic carbocycles. The first-order valence-electron chi connectivity index (χ1n) is 14.9. The van der Waals surface area contributed by atoms with Crippen molar-refractivity contribution < 1.29 is 0 Å². The van der Waals surface area contributed by atoms with Gasteiger partial charge in [-0.3, -0.25) is 0 Å². The number of pyridine rings is 2. The maximum atomic E-state index is 5.24. The van der Waals surface area contributed by atoms with Crippen LogP contribution in [-0.4, -0.2) is 9.97 Å². The highest BCUT2D eigenvalue weighted by molar-refractivity contribution is 6.04. The van der Waals surface area contributed by atoms with Crippen LogP contribution >= 0.6 is 0 Å². The summed E-state index contributed by atoms with van der Waals surface area (Å²) >= 11 is 0. The molecule has 2 aliphatic carbocycles. The molecule has 0 N–H and O–H groups in total. The molecule has 0 bridgehead atoms. The SMILES string of the molecule is CC1C=CC=CC1c1ccc(-c2ccc3ccc4ccc(-c5ccc6c(c5)C(C)(C)c5ccccc5-6)nc4c3n2)cc1. The van der Waals surface area contributed by atoms with Crippen molar-refractivity contribution in [2.75, 3.05) is 0 Å². The second kappa shape index (κ2) is 9.36. The van der Waals surface area contributed by atoms with Gasteiger partial charge >= 0.3 is 0 Å². The Balaban J connectivity index is 1.20. The molecule has 2 heteroatoms. The van der Waals surface area contributed by atoms with Crippen LogP contribution in [0.3, 0.4) is 0 Å². The van der Waals surface area contributed by atoms with Crippen LogP contribution in [0.1, 0.15) is 43.4 Å². The lowest BCUT2D eigenvalue weighted by molar-refractivity contribution is 0.635. The Labute approximate surface area is 247 Å². The number of hydrogen-bond acceptors (Lipinski definition) is 2. The molecule has 8 rings (SSSR count). The molecule has 6 aromatic rings. The molecule has 2 nitrogen and oxygen atoms in total. The fourth-order valence-electron chi connectivity index (χ4n) is 6.96. The zero-order valence-corrected chi connectivity index (χ0v) is 24.2. The van der Waals surface area contributed by atoms with Gasteiger partial charge in [-0.25, -0.2) is 9.97 Å². The molecule has 0 radical (unpaired) electrons. The number of nitrogens with zero attached hydrogens (tertiary/aromatic N) is 2. The number of rotatable bonds is 3. The largest absolute Gasteiger partial charge is 0.245 e. The first-order chi connectivity index (χ1) is 20.5. The van der Waals surface area contributed by atoms with Gasteiger partial charge in [0.1, 0.15) is 0 Å². The van der Waals surface area contributed by atoms with Crippen molar-refractivity contribution in [2.24, 2.45) is 5.92 Å². The van der Waals surface area contributed by atoms with Crippen LogP contribution in [0.5, 0.6) is 0 Å². The van der Waals surface area contributed by atoms with Crippen LogP contribution in [0.4, 0.5) is 0 Å². The third-order valence-electron chi connectivity index (χ3n) is 9.40. The van der Waals surface area contributed by atoms with E-state index in [4.69, 9.17) is 9.97 Å². The topological polar surface area (TPSA) is 25.8 Å². The second-order valence-corrected chi connectivity index (χ2v) is 12.3. The highest BCUT2D eigenvalue weighted by atomic mass is 14.8. The second-order valence-electron chi connectivity index (χ2n) is 12.3. The molecule has 0 fully saturated rings. The summed E-state index contributed by atoms with van der Waals surface area (Å²) in [5, 5.41) is 2.21. The van der Waals surface area contributed by atoms with Gasteiger partial charge in [0.15, 0.2) is 0 Å². The van der Waals surface area contributed by atoms with Gasteiger partial charge in [0.25, 0.3) is 0 Å². The number of fused-ring (bicyclic) bond motifs is 6. The predicted octanol–water partition coefficient (Wildman–Crippen LogP) is 10.3. The fraction of sp³-hybridized carbons (Fsp3) is 0.150. The number of allylic oxidation sites excluding steroid dienone is 4. The predicted molar refractivity (Wildman–Crippen MR) is 176 cm³/mol. The quantitative estimate of drug-likeness (QED) is 0.209. The van der Waals surface area contributed by atoms with Crippen molar-refractivity contribution in [1.29, 1.82) is 0 Å². The first kappa shape index (κ1) is 24.9. The fourth-order valence-corrected chi connectivity index (χ4v) is 6.96. The molecule has 0 spiro atoms. The van der Waals surface area contributed by atoms with Crippen molar-refractivity contribution in [3.63, 3.8) is 0 Å². The summed E-state index contributed by atoms with van der Waals surface area (Å²) in [5.41, 5.74) is 12.8. The zero-order chi connectivity index (χ0) is 28.4. The summed E-state index contributed by atoms with van der Waals surface area (Å²) in [6.07, 6.45) is 8.86. The monoisotopic (exact) mass is 540 g/mol. The summed E-state index contributed by atoms with van der Waals surface area (Å²) in [6.45, 7) is 6.92. The molecule has 0 saturated heterocycles. The molecular formula is C40H32N2.